The third-order valence-electron chi connectivity index (χ3n) is 5.13. The van der Waals surface area contributed by atoms with Crippen molar-refractivity contribution in [3.8, 4) is 0 Å². The smallest absolute Gasteiger partial charge is 0.257 e. The summed E-state index contributed by atoms with van der Waals surface area (Å²) >= 11 is 0. The van der Waals surface area contributed by atoms with E-state index in [-0.39, 0.29) is 18.0 Å². The largest absolute Gasteiger partial charge is 0.389 e. The first kappa shape index (κ1) is 15.3. The van der Waals surface area contributed by atoms with Gasteiger partial charge in [-0.1, -0.05) is 0 Å². The molecule has 0 aromatic carbocycles. The van der Waals surface area contributed by atoms with Crippen molar-refractivity contribution in [3.05, 3.63) is 42.5 Å². The Kier molecular flexibility index (Phi) is 3.80. The van der Waals surface area contributed by atoms with E-state index in [4.69, 9.17) is 0 Å². The molecule has 0 aliphatic heterocycles. The summed E-state index contributed by atoms with van der Waals surface area (Å²) in [7, 11) is 1.74. The molecule has 0 spiro atoms. The van der Waals surface area contributed by atoms with Crippen LogP contribution in [0.3, 0.4) is 0 Å². The molecule has 2 saturated carbocycles. The van der Waals surface area contributed by atoms with E-state index in [1.165, 1.54) is 0 Å². The maximum atomic E-state index is 12.7. The van der Waals surface area contributed by atoms with Gasteiger partial charge in [-0.25, -0.2) is 15.0 Å². The third kappa shape index (κ3) is 2.69. The summed E-state index contributed by atoms with van der Waals surface area (Å²) in [5.74, 6) is 1.16. The number of aliphatic hydroxyl groups excluding tert-OH is 1. The second kappa shape index (κ2) is 5.98. The monoisotopic (exact) mass is 327 g/mol. The van der Waals surface area contributed by atoms with Gasteiger partial charge in [0, 0.05) is 37.8 Å². The molecule has 0 radical (unpaired) electrons. The van der Waals surface area contributed by atoms with Gasteiger partial charge in [0.15, 0.2) is 0 Å². The van der Waals surface area contributed by atoms with Crippen molar-refractivity contribution in [2.45, 2.75) is 49.8 Å². The molecule has 0 bridgehead atoms. The van der Waals surface area contributed by atoms with Gasteiger partial charge in [-0.2, -0.15) is 0 Å². The Balaban J connectivity index is 1.46. The van der Waals surface area contributed by atoms with E-state index in [0.717, 1.165) is 31.5 Å². The van der Waals surface area contributed by atoms with Crippen LogP contribution in [0.25, 0.3) is 0 Å². The van der Waals surface area contributed by atoms with Crippen LogP contribution in [0, 0.1) is 0 Å². The molecule has 1 N–H and O–H groups in total. The van der Waals surface area contributed by atoms with E-state index >= 15 is 0 Å². The molecule has 2 aromatic rings. The van der Waals surface area contributed by atoms with Crippen molar-refractivity contribution in [1.82, 2.24) is 24.4 Å². The SMILES string of the molecule is CN(C(=O)c1cnc(C2CC2)nc1)[C@@H]1CC[C@@H](n2ccnc2)[C@@H]1O. The first-order chi connectivity index (χ1) is 11.6. The van der Waals surface area contributed by atoms with Crippen LogP contribution in [0.5, 0.6) is 0 Å². The summed E-state index contributed by atoms with van der Waals surface area (Å²) in [6.07, 6.45) is 11.7. The van der Waals surface area contributed by atoms with Crippen LogP contribution in [0.4, 0.5) is 0 Å². The Hall–Kier alpha value is -2.28. The summed E-state index contributed by atoms with van der Waals surface area (Å²) in [6, 6.07) is -0.255. The van der Waals surface area contributed by atoms with Gasteiger partial charge >= 0.3 is 0 Å². The fourth-order valence-electron chi connectivity index (χ4n) is 3.51. The molecule has 2 aliphatic carbocycles. The number of nitrogens with zero attached hydrogens (tertiary/aromatic N) is 5. The molecule has 0 saturated heterocycles. The minimum atomic E-state index is -0.611. The van der Waals surface area contributed by atoms with Gasteiger partial charge in [0.05, 0.1) is 30.1 Å². The van der Waals surface area contributed by atoms with Crippen LogP contribution < -0.4 is 0 Å². The van der Waals surface area contributed by atoms with Crippen molar-refractivity contribution in [1.29, 1.82) is 0 Å². The molecule has 2 aliphatic rings. The van der Waals surface area contributed by atoms with E-state index in [0.29, 0.717) is 11.5 Å². The van der Waals surface area contributed by atoms with Crippen molar-refractivity contribution in [2.24, 2.45) is 0 Å². The van der Waals surface area contributed by atoms with Gasteiger partial charge < -0.3 is 14.6 Å². The minimum absolute atomic E-state index is 0.0405. The quantitative estimate of drug-likeness (QED) is 0.917. The Bertz CT molecular complexity index is 711. The zero-order valence-corrected chi connectivity index (χ0v) is 13.6. The van der Waals surface area contributed by atoms with Gasteiger partial charge in [0.2, 0.25) is 0 Å². The van der Waals surface area contributed by atoms with E-state index in [1.54, 1.807) is 36.9 Å². The second-order valence-electron chi connectivity index (χ2n) is 6.73. The lowest BCUT2D eigenvalue weighted by Gasteiger charge is -2.29. The zero-order valence-electron chi connectivity index (χ0n) is 13.6. The van der Waals surface area contributed by atoms with E-state index in [2.05, 4.69) is 15.0 Å². The number of rotatable bonds is 4. The highest BCUT2D eigenvalue weighted by atomic mass is 16.3. The molecule has 1 amide bonds. The molecule has 0 unspecified atom stereocenters. The molecule has 2 heterocycles. The first-order valence-electron chi connectivity index (χ1n) is 8.39. The Morgan fingerprint density at radius 2 is 2.00 bits per heavy atom. The average molecular weight is 327 g/mol. The van der Waals surface area contributed by atoms with Crippen LogP contribution in [0.1, 0.15) is 53.8 Å². The predicted octanol–water partition coefficient (Wildman–Crippen LogP) is 1.39. The predicted molar refractivity (Wildman–Crippen MR) is 86.4 cm³/mol. The number of likely N-dealkylation sites (N-methyl/N-ethyl adjacent to an activating group) is 1. The highest BCUT2D eigenvalue weighted by molar-refractivity contribution is 5.93. The van der Waals surface area contributed by atoms with Gasteiger partial charge in [0.25, 0.3) is 5.91 Å². The summed E-state index contributed by atoms with van der Waals surface area (Å²) in [4.78, 5) is 27.0. The van der Waals surface area contributed by atoms with E-state index < -0.39 is 6.10 Å². The molecule has 2 fully saturated rings. The highest BCUT2D eigenvalue weighted by Crippen LogP contribution is 2.37. The van der Waals surface area contributed by atoms with Gasteiger partial charge in [-0.3, -0.25) is 4.79 Å². The van der Waals surface area contributed by atoms with Gasteiger partial charge in [0.1, 0.15) is 5.82 Å². The second-order valence-corrected chi connectivity index (χ2v) is 6.73. The Morgan fingerprint density at radius 3 is 2.62 bits per heavy atom. The molecule has 4 rings (SSSR count). The molecular formula is C17H21N5O2. The molecule has 7 heteroatoms. The van der Waals surface area contributed by atoms with E-state index in [1.807, 2.05) is 10.8 Å². The van der Waals surface area contributed by atoms with Crippen molar-refractivity contribution in [2.75, 3.05) is 7.05 Å². The van der Waals surface area contributed by atoms with Gasteiger partial charge in [-0.05, 0) is 25.7 Å². The summed E-state index contributed by atoms with van der Waals surface area (Å²) < 4.78 is 1.91. The Labute approximate surface area is 140 Å². The molecule has 3 atom stereocenters. The highest BCUT2D eigenvalue weighted by Gasteiger charge is 2.39. The lowest BCUT2D eigenvalue weighted by atomic mass is 10.1. The number of aromatic nitrogens is 4. The Morgan fingerprint density at radius 1 is 1.25 bits per heavy atom. The fraction of sp³-hybridized carbons (Fsp3) is 0.529. The lowest BCUT2D eigenvalue weighted by Crippen LogP contribution is -2.43. The summed E-state index contributed by atoms with van der Waals surface area (Å²) in [6.45, 7) is 0. The standard InChI is InChI=1S/C17H21N5O2/c1-21(13-4-5-14(15(13)23)22-7-6-18-10-22)17(24)12-8-19-16(20-9-12)11-2-3-11/h6-11,13-15,23H,2-5H2,1H3/t13-,14-,15-/m1/s1. The number of hydrogen-bond donors (Lipinski definition) is 1. The maximum Gasteiger partial charge on any atom is 0.257 e. The van der Waals surface area contributed by atoms with Crippen molar-refractivity contribution in [3.63, 3.8) is 0 Å². The number of hydrogen-bond acceptors (Lipinski definition) is 5. The lowest BCUT2D eigenvalue weighted by molar-refractivity contribution is 0.0442. The van der Waals surface area contributed by atoms with Crippen LogP contribution in [0.15, 0.2) is 31.1 Å². The molecular weight excluding hydrogens is 306 g/mol. The molecule has 126 valence electrons. The van der Waals surface area contributed by atoms with Crippen molar-refractivity contribution < 1.29 is 9.90 Å². The van der Waals surface area contributed by atoms with Crippen LogP contribution >= 0.6 is 0 Å². The maximum absolute atomic E-state index is 12.7. The fourth-order valence-corrected chi connectivity index (χ4v) is 3.51. The molecule has 7 nitrogen and oxygen atoms in total. The number of carbonyl (C=O) groups is 1. The van der Waals surface area contributed by atoms with Crippen LogP contribution in [-0.2, 0) is 0 Å². The zero-order chi connectivity index (χ0) is 16.7. The molecule has 24 heavy (non-hydrogen) atoms. The first-order valence-corrected chi connectivity index (χ1v) is 8.39. The topological polar surface area (TPSA) is 84.1 Å². The van der Waals surface area contributed by atoms with Gasteiger partial charge in [-0.15, -0.1) is 0 Å². The van der Waals surface area contributed by atoms with Crippen molar-refractivity contribution >= 4 is 5.91 Å². The number of imidazole rings is 1. The van der Waals surface area contributed by atoms with Crippen LogP contribution in [-0.4, -0.2) is 54.6 Å². The third-order valence-corrected chi connectivity index (χ3v) is 5.13. The molecule has 2 aromatic heterocycles. The van der Waals surface area contributed by atoms with Crippen LogP contribution in [0.2, 0.25) is 0 Å². The number of carbonyl (C=O) groups excluding carboxylic acids is 1. The summed E-state index contributed by atoms with van der Waals surface area (Å²) in [5, 5.41) is 10.6. The average Bonchev–Trinajstić information content (AvgIpc) is 3.18. The summed E-state index contributed by atoms with van der Waals surface area (Å²) in [5.41, 5.74) is 0.472. The van der Waals surface area contributed by atoms with E-state index in [9.17, 15) is 9.90 Å². The number of amides is 1. The number of aliphatic hydroxyl groups is 1. The minimum Gasteiger partial charge on any atom is -0.389 e. The normalized spacial score (nSPS) is 26.5.